The lowest BCUT2D eigenvalue weighted by Crippen LogP contribution is -2.47. The zero-order chi connectivity index (χ0) is 20.8. The van der Waals surface area contributed by atoms with Crippen molar-refractivity contribution in [1.82, 2.24) is 24.3 Å². The average molecular weight is 405 g/mol. The fourth-order valence-electron chi connectivity index (χ4n) is 3.30. The van der Waals surface area contributed by atoms with Crippen LogP contribution in [0.2, 0.25) is 0 Å². The minimum atomic E-state index is -4.49. The van der Waals surface area contributed by atoms with Gasteiger partial charge in [-0.05, 0) is 6.07 Å². The quantitative estimate of drug-likeness (QED) is 0.653. The molecular formula is C19H22F3N7. The van der Waals surface area contributed by atoms with Gasteiger partial charge in [-0.1, -0.05) is 20.8 Å². The number of hydrogen-bond donors (Lipinski definition) is 0. The summed E-state index contributed by atoms with van der Waals surface area (Å²) in [4.78, 5) is 21.2. The molecule has 0 atom stereocenters. The molecule has 29 heavy (non-hydrogen) atoms. The summed E-state index contributed by atoms with van der Waals surface area (Å²) in [5.41, 5.74) is -0.847. The summed E-state index contributed by atoms with van der Waals surface area (Å²) in [6, 6.07) is 1.88. The third-order valence-corrected chi connectivity index (χ3v) is 4.86. The molecule has 1 aliphatic heterocycles. The van der Waals surface area contributed by atoms with Gasteiger partial charge in [-0.25, -0.2) is 19.9 Å². The summed E-state index contributed by atoms with van der Waals surface area (Å²) in [5, 5.41) is 0. The van der Waals surface area contributed by atoms with E-state index in [1.54, 1.807) is 6.20 Å². The van der Waals surface area contributed by atoms with Crippen LogP contribution in [-0.4, -0.2) is 50.5 Å². The van der Waals surface area contributed by atoms with E-state index in [1.165, 1.54) is 16.8 Å². The molecule has 0 N–H and O–H groups in total. The van der Waals surface area contributed by atoms with Gasteiger partial charge in [0.05, 0.1) is 0 Å². The van der Waals surface area contributed by atoms with Gasteiger partial charge in [-0.2, -0.15) is 13.2 Å². The number of imidazole rings is 1. The van der Waals surface area contributed by atoms with Crippen LogP contribution in [0.4, 0.5) is 24.8 Å². The Bertz CT molecular complexity index is 1010. The Balaban J connectivity index is 1.54. The van der Waals surface area contributed by atoms with Crippen LogP contribution in [0.3, 0.4) is 0 Å². The average Bonchev–Trinajstić information content (AvgIpc) is 3.12. The molecule has 0 spiro atoms. The molecule has 0 unspecified atom stereocenters. The number of piperazine rings is 1. The summed E-state index contributed by atoms with van der Waals surface area (Å²) >= 11 is 0. The first kappa shape index (κ1) is 19.4. The first-order valence-electron chi connectivity index (χ1n) is 9.37. The normalized spacial score (nSPS) is 15.9. The van der Waals surface area contributed by atoms with Gasteiger partial charge in [-0.3, -0.25) is 0 Å². The molecule has 0 radical (unpaired) electrons. The maximum absolute atomic E-state index is 13.0. The molecule has 0 aromatic carbocycles. The van der Waals surface area contributed by atoms with E-state index in [4.69, 9.17) is 0 Å². The Hall–Kier alpha value is -2.91. The highest BCUT2D eigenvalue weighted by atomic mass is 19.4. The number of alkyl halides is 3. The van der Waals surface area contributed by atoms with E-state index in [2.05, 4.69) is 45.6 Å². The van der Waals surface area contributed by atoms with Gasteiger partial charge < -0.3 is 14.2 Å². The van der Waals surface area contributed by atoms with E-state index in [0.717, 1.165) is 17.8 Å². The van der Waals surface area contributed by atoms with E-state index in [0.29, 0.717) is 32.0 Å². The molecule has 4 heterocycles. The highest BCUT2D eigenvalue weighted by Crippen LogP contribution is 2.30. The molecule has 1 saturated heterocycles. The molecule has 3 aromatic heterocycles. The lowest BCUT2D eigenvalue weighted by atomic mass is 9.96. The monoisotopic (exact) mass is 405 g/mol. The van der Waals surface area contributed by atoms with Crippen LogP contribution in [0.25, 0.3) is 5.65 Å². The molecule has 0 amide bonds. The van der Waals surface area contributed by atoms with Crippen LogP contribution in [-0.2, 0) is 11.6 Å². The van der Waals surface area contributed by atoms with Crippen molar-refractivity contribution in [1.29, 1.82) is 0 Å². The van der Waals surface area contributed by atoms with Gasteiger partial charge in [-0.15, -0.1) is 0 Å². The van der Waals surface area contributed by atoms with Crippen molar-refractivity contribution in [2.45, 2.75) is 32.4 Å². The van der Waals surface area contributed by atoms with Crippen molar-refractivity contribution < 1.29 is 13.2 Å². The number of aromatic nitrogens is 5. The van der Waals surface area contributed by atoms with Crippen molar-refractivity contribution in [3.8, 4) is 0 Å². The van der Waals surface area contributed by atoms with Gasteiger partial charge in [0.1, 0.15) is 11.6 Å². The van der Waals surface area contributed by atoms with Crippen LogP contribution in [0.15, 0.2) is 30.9 Å². The van der Waals surface area contributed by atoms with E-state index in [9.17, 15) is 13.2 Å². The van der Waals surface area contributed by atoms with Gasteiger partial charge in [0.2, 0.25) is 0 Å². The van der Waals surface area contributed by atoms with Crippen molar-refractivity contribution in [3.05, 3.63) is 42.4 Å². The predicted molar refractivity (Wildman–Crippen MR) is 103 cm³/mol. The van der Waals surface area contributed by atoms with Gasteiger partial charge >= 0.3 is 6.18 Å². The van der Waals surface area contributed by atoms with Crippen LogP contribution < -0.4 is 9.80 Å². The lowest BCUT2D eigenvalue weighted by Gasteiger charge is -2.36. The van der Waals surface area contributed by atoms with Crippen LogP contribution >= 0.6 is 0 Å². The standard InChI is InChI=1S/C19H22F3N7/c1-18(2,3)17-24-5-4-14(26-17)27-8-10-28(11-9-27)15-16-25-13(19(20,21)22)12-29(16)7-6-23-15/h4-7,12H,8-11H2,1-3H3. The second-order valence-corrected chi connectivity index (χ2v) is 8.07. The maximum Gasteiger partial charge on any atom is 0.434 e. The lowest BCUT2D eigenvalue weighted by molar-refractivity contribution is -0.140. The molecule has 1 aliphatic rings. The first-order chi connectivity index (χ1) is 13.6. The Kier molecular flexibility index (Phi) is 4.59. The summed E-state index contributed by atoms with van der Waals surface area (Å²) in [5.74, 6) is 2.09. The number of anilines is 2. The van der Waals surface area contributed by atoms with E-state index >= 15 is 0 Å². The molecule has 0 aliphatic carbocycles. The molecule has 0 bridgehead atoms. The maximum atomic E-state index is 13.0. The Morgan fingerprint density at radius 3 is 2.24 bits per heavy atom. The highest BCUT2D eigenvalue weighted by Gasteiger charge is 2.35. The van der Waals surface area contributed by atoms with Crippen molar-refractivity contribution in [2.24, 2.45) is 0 Å². The molecule has 154 valence electrons. The van der Waals surface area contributed by atoms with Gasteiger partial charge in [0.25, 0.3) is 0 Å². The largest absolute Gasteiger partial charge is 0.434 e. The Labute approximate surface area is 166 Å². The summed E-state index contributed by atoms with van der Waals surface area (Å²) in [6.45, 7) is 8.76. The van der Waals surface area contributed by atoms with Gasteiger partial charge in [0, 0.05) is 56.4 Å². The number of halogens is 3. The minimum absolute atomic E-state index is 0.145. The van der Waals surface area contributed by atoms with Crippen LogP contribution in [0, 0.1) is 0 Å². The molecule has 7 nitrogen and oxygen atoms in total. The van der Waals surface area contributed by atoms with E-state index < -0.39 is 11.9 Å². The topological polar surface area (TPSA) is 62.5 Å². The molecular weight excluding hydrogens is 383 g/mol. The smallest absolute Gasteiger partial charge is 0.353 e. The molecule has 0 saturated carbocycles. The SMILES string of the molecule is CC(C)(C)c1nccc(N2CCN(c3nccn4cc(C(F)(F)F)nc34)CC2)n1. The summed E-state index contributed by atoms with van der Waals surface area (Å²) in [6.07, 6.45) is 1.25. The van der Waals surface area contributed by atoms with Crippen molar-refractivity contribution in [3.63, 3.8) is 0 Å². The number of rotatable bonds is 2. The molecule has 10 heteroatoms. The van der Waals surface area contributed by atoms with Crippen molar-refractivity contribution in [2.75, 3.05) is 36.0 Å². The fraction of sp³-hybridized carbons (Fsp3) is 0.474. The second-order valence-electron chi connectivity index (χ2n) is 8.07. The summed E-state index contributed by atoms with van der Waals surface area (Å²) in [7, 11) is 0. The van der Waals surface area contributed by atoms with E-state index in [1.807, 2.05) is 11.0 Å². The molecule has 1 fully saturated rings. The number of fused-ring (bicyclic) bond motifs is 1. The number of hydrogen-bond acceptors (Lipinski definition) is 6. The number of nitrogens with zero attached hydrogens (tertiary/aromatic N) is 7. The van der Waals surface area contributed by atoms with E-state index in [-0.39, 0.29) is 11.1 Å². The van der Waals surface area contributed by atoms with Crippen LogP contribution in [0.1, 0.15) is 32.3 Å². The second kappa shape index (κ2) is 6.85. The Morgan fingerprint density at radius 1 is 0.897 bits per heavy atom. The zero-order valence-electron chi connectivity index (χ0n) is 16.5. The third-order valence-electron chi connectivity index (χ3n) is 4.86. The zero-order valence-corrected chi connectivity index (χ0v) is 16.5. The third kappa shape index (κ3) is 3.83. The van der Waals surface area contributed by atoms with Crippen LogP contribution in [0.5, 0.6) is 0 Å². The fourth-order valence-corrected chi connectivity index (χ4v) is 3.30. The molecule has 3 aromatic rings. The van der Waals surface area contributed by atoms with Crippen molar-refractivity contribution >= 4 is 17.3 Å². The highest BCUT2D eigenvalue weighted by molar-refractivity contribution is 5.65. The first-order valence-corrected chi connectivity index (χ1v) is 9.37. The molecule has 4 rings (SSSR count). The minimum Gasteiger partial charge on any atom is -0.353 e. The Morgan fingerprint density at radius 2 is 1.59 bits per heavy atom. The van der Waals surface area contributed by atoms with Gasteiger partial charge in [0.15, 0.2) is 17.2 Å². The summed E-state index contributed by atoms with van der Waals surface area (Å²) < 4.78 is 40.5. The predicted octanol–water partition coefficient (Wildman–Crippen LogP) is 3.16.